The van der Waals surface area contributed by atoms with Crippen LogP contribution in [0.15, 0.2) is 6.20 Å². The number of halogens is 1. The Morgan fingerprint density at radius 3 is 2.56 bits per heavy atom. The minimum atomic E-state index is -0.135. The Morgan fingerprint density at radius 1 is 1.50 bits per heavy atom. The first-order chi connectivity index (χ1) is 7.41. The molecule has 0 aliphatic heterocycles. The Bertz CT molecular complexity index is 365. The van der Waals surface area contributed by atoms with Crippen molar-refractivity contribution in [2.24, 2.45) is 5.92 Å². The first kappa shape index (κ1) is 13.6. The third kappa shape index (κ3) is 3.56. The molecule has 16 heavy (non-hydrogen) atoms. The van der Waals surface area contributed by atoms with Gasteiger partial charge in [0, 0.05) is 11.1 Å². The van der Waals surface area contributed by atoms with E-state index in [1.165, 1.54) is 0 Å². The van der Waals surface area contributed by atoms with Crippen LogP contribution >= 0.6 is 27.3 Å². The minimum Gasteiger partial charge on any atom is -0.348 e. The van der Waals surface area contributed by atoms with Gasteiger partial charge in [0.25, 0.3) is 0 Å². The largest absolute Gasteiger partial charge is 0.348 e. The third-order valence-electron chi connectivity index (χ3n) is 2.26. The molecule has 0 spiro atoms. The number of thiazole rings is 1. The summed E-state index contributed by atoms with van der Waals surface area (Å²) in [6.45, 7) is 7.97. The van der Waals surface area contributed by atoms with Gasteiger partial charge in [-0.1, -0.05) is 29.8 Å². The van der Waals surface area contributed by atoms with Gasteiger partial charge in [-0.3, -0.25) is 4.79 Å². The van der Waals surface area contributed by atoms with Crippen molar-refractivity contribution in [1.29, 1.82) is 0 Å². The molecule has 1 aromatic rings. The second kappa shape index (κ2) is 5.77. The van der Waals surface area contributed by atoms with Crippen LogP contribution in [0, 0.1) is 12.8 Å². The highest BCUT2D eigenvalue weighted by molar-refractivity contribution is 9.10. The van der Waals surface area contributed by atoms with E-state index >= 15 is 0 Å². The van der Waals surface area contributed by atoms with Crippen molar-refractivity contribution < 1.29 is 4.79 Å². The molecular weight excluding hydrogens is 288 g/mol. The standard InChI is InChI=1S/C11H17BrN2OS/c1-6(2)10(12)11(15)14-7(3)9-5-13-8(4)16-9/h5-7,10H,1-4H3,(H,14,15). The Hall–Kier alpha value is -0.420. The lowest BCUT2D eigenvalue weighted by Gasteiger charge is -2.17. The average molecular weight is 305 g/mol. The van der Waals surface area contributed by atoms with E-state index in [9.17, 15) is 4.79 Å². The molecule has 0 aliphatic carbocycles. The van der Waals surface area contributed by atoms with E-state index in [1.54, 1.807) is 11.3 Å². The van der Waals surface area contributed by atoms with Crippen molar-refractivity contribution in [2.45, 2.75) is 38.6 Å². The molecule has 0 aromatic carbocycles. The number of aryl methyl sites for hydroxylation is 1. The van der Waals surface area contributed by atoms with Gasteiger partial charge in [0.2, 0.25) is 5.91 Å². The summed E-state index contributed by atoms with van der Waals surface area (Å²) >= 11 is 5.01. The number of nitrogens with zero attached hydrogens (tertiary/aromatic N) is 1. The minimum absolute atomic E-state index is 0.0255. The molecule has 2 unspecified atom stereocenters. The van der Waals surface area contributed by atoms with Crippen LogP contribution in [-0.4, -0.2) is 15.7 Å². The van der Waals surface area contributed by atoms with Crippen molar-refractivity contribution in [2.75, 3.05) is 0 Å². The molecule has 0 bridgehead atoms. The van der Waals surface area contributed by atoms with E-state index in [0.717, 1.165) is 9.88 Å². The molecule has 1 N–H and O–H groups in total. The molecule has 3 nitrogen and oxygen atoms in total. The number of alkyl halides is 1. The molecule has 2 atom stereocenters. The lowest BCUT2D eigenvalue weighted by atomic mass is 10.1. The average Bonchev–Trinajstić information content (AvgIpc) is 2.63. The lowest BCUT2D eigenvalue weighted by Crippen LogP contribution is -2.35. The van der Waals surface area contributed by atoms with Crippen molar-refractivity contribution in [3.05, 3.63) is 16.1 Å². The molecule has 0 saturated carbocycles. The maximum atomic E-state index is 11.8. The fourth-order valence-electron chi connectivity index (χ4n) is 1.24. The van der Waals surface area contributed by atoms with Crippen molar-refractivity contribution in [1.82, 2.24) is 10.3 Å². The summed E-state index contributed by atoms with van der Waals surface area (Å²) in [6, 6.07) is 0.0255. The first-order valence-corrected chi connectivity index (χ1v) is 7.01. The molecule has 0 fully saturated rings. The molecule has 1 aromatic heterocycles. The number of carbonyl (C=O) groups is 1. The number of nitrogens with one attached hydrogen (secondary N) is 1. The SMILES string of the molecule is Cc1ncc(C(C)NC(=O)C(Br)C(C)C)s1. The summed E-state index contributed by atoms with van der Waals surface area (Å²) in [5, 5.41) is 4.00. The second-order valence-corrected chi connectivity index (χ2v) is 6.41. The molecule has 1 heterocycles. The Morgan fingerprint density at radius 2 is 2.12 bits per heavy atom. The van der Waals surface area contributed by atoms with Crippen LogP contribution in [0.25, 0.3) is 0 Å². The summed E-state index contributed by atoms with van der Waals surface area (Å²) in [7, 11) is 0. The van der Waals surface area contributed by atoms with E-state index in [1.807, 2.05) is 33.9 Å². The summed E-state index contributed by atoms with van der Waals surface area (Å²) < 4.78 is 0. The predicted molar refractivity (Wildman–Crippen MR) is 71.0 cm³/mol. The van der Waals surface area contributed by atoms with Crippen molar-refractivity contribution in [3.8, 4) is 0 Å². The zero-order chi connectivity index (χ0) is 12.3. The zero-order valence-corrected chi connectivity index (χ0v) is 12.4. The number of amides is 1. The van der Waals surface area contributed by atoms with Crippen LogP contribution in [0.2, 0.25) is 0 Å². The molecule has 1 rings (SSSR count). The molecular formula is C11H17BrN2OS. The second-order valence-electron chi connectivity index (χ2n) is 4.16. The fraction of sp³-hybridized carbons (Fsp3) is 0.636. The van der Waals surface area contributed by atoms with Crippen LogP contribution in [0.5, 0.6) is 0 Å². The van der Waals surface area contributed by atoms with E-state index in [2.05, 4.69) is 26.2 Å². The summed E-state index contributed by atoms with van der Waals surface area (Å²) in [5.74, 6) is 0.323. The number of hydrogen-bond acceptors (Lipinski definition) is 3. The normalized spacial score (nSPS) is 14.9. The van der Waals surface area contributed by atoms with Gasteiger partial charge in [0.1, 0.15) is 0 Å². The first-order valence-electron chi connectivity index (χ1n) is 5.28. The predicted octanol–water partition coefficient (Wildman–Crippen LogP) is 3.05. The maximum Gasteiger partial charge on any atom is 0.234 e. The zero-order valence-electron chi connectivity index (χ0n) is 9.95. The van der Waals surface area contributed by atoms with E-state index in [4.69, 9.17) is 0 Å². The Kier molecular flexibility index (Phi) is 4.92. The van der Waals surface area contributed by atoms with Gasteiger partial charge in [0.05, 0.1) is 15.9 Å². The van der Waals surface area contributed by atoms with Crippen LogP contribution in [0.4, 0.5) is 0 Å². The van der Waals surface area contributed by atoms with Crippen LogP contribution in [0.3, 0.4) is 0 Å². The van der Waals surface area contributed by atoms with Gasteiger partial charge in [0.15, 0.2) is 0 Å². The molecule has 0 aliphatic rings. The number of rotatable bonds is 4. The highest BCUT2D eigenvalue weighted by Gasteiger charge is 2.21. The van der Waals surface area contributed by atoms with Gasteiger partial charge in [-0.05, 0) is 19.8 Å². The third-order valence-corrected chi connectivity index (χ3v) is 4.83. The van der Waals surface area contributed by atoms with Crippen LogP contribution in [-0.2, 0) is 4.79 Å². The molecule has 0 radical (unpaired) electrons. The highest BCUT2D eigenvalue weighted by atomic mass is 79.9. The van der Waals surface area contributed by atoms with Crippen molar-refractivity contribution >= 4 is 33.2 Å². The van der Waals surface area contributed by atoms with Gasteiger partial charge < -0.3 is 5.32 Å². The summed E-state index contributed by atoms with van der Waals surface area (Å²) in [6.07, 6.45) is 1.82. The number of carbonyl (C=O) groups excluding carboxylic acids is 1. The van der Waals surface area contributed by atoms with Gasteiger partial charge in [-0.2, -0.15) is 0 Å². The molecule has 0 saturated heterocycles. The van der Waals surface area contributed by atoms with E-state index < -0.39 is 0 Å². The maximum absolute atomic E-state index is 11.8. The van der Waals surface area contributed by atoms with Crippen molar-refractivity contribution in [3.63, 3.8) is 0 Å². The van der Waals surface area contributed by atoms with Crippen LogP contribution < -0.4 is 5.32 Å². The smallest absolute Gasteiger partial charge is 0.234 e. The van der Waals surface area contributed by atoms with E-state index in [-0.39, 0.29) is 22.7 Å². The molecule has 5 heteroatoms. The number of hydrogen-bond donors (Lipinski definition) is 1. The van der Waals surface area contributed by atoms with Gasteiger partial charge >= 0.3 is 0 Å². The highest BCUT2D eigenvalue weighted by Crippen LogP contribution is 2.21. The Labute approximate surface area is 109 Å². The van der Waals surface area contributed by atoms with Crippen LogP contribution in [0.1, 0.15) is 36.7 Å². The quantitative estimate of drug-likeness (QED) is 0.869. The summed E-state index contributed by atoms with van der Waals surface area (Å²) in [4.78, 5) is 16.9. The fourth-order valence-corrected chi connectivity index (χ4v) is 2.16. The monoisotopic (exact) mass is 304 g/mol. The summed E-state index contributed by atoms with van der Waals surface area (Å²) in [5.41, 5.74) is 0. The van der Waals surface area contributed by atoms with E-state index in [0.29, 0.717) is 0 Å². The Balaban J connectivity index is 2.58. The topological polar surface area (TPSA) is 42.0 Å². The van der Waals surface area contributed by atoms with Gasteiger partial charge in [-0.25, -0.2) is 4.98 Å². The molecule has 90 valence electrons. The number of aromatic nitrogens is 1. The molecule has 1 amide bonds. The van der Waals surface area contributed by atoms with Gasteiger partial charge in [-0.15, -0.1) is 11.3 Å². The lowest BCUT2D eigenvalue weighted by molar-refractivity contribution is -0.121.